The van der Waals surface area contributed by atoms with Gasteiger partial charge in [0.1, 0.15) is 8.24 Å². The summed E-state index contributed by atoms with van der Waals surface area (Å²) >= 11 is 0. The summed E-state index contributed by atoms with van der Waals surface area (Å²) in [4.78, 5) is 14.5. The molecule has 0 N–H and O–H groups in total. The van der Waals surface area contributed by atoms with Crippen LogP contribution in [0.3, 0.4) is 0 Å². The molecule has 1 saturated heterocycles. The monoisotopic (exact) mass is 384 g/mol. The molecular weight excluding hydrogens is 340 g/mol. The van der Waals surface area contributed by atoms with Gasteiger partial charge in [0.2, 0.25) is 0 Å². The minimum atomic E-state index is -1.51. The van der Waals surface area contributed by atoms with Gasteiger partial charge in [-0.05, 0) is 42.8 Å². The van der Waals surface area contributed by atoms with Gasteiger partial charge in [0, 0.05) is 26.3 Å². The summed E-state index contributed by atoms with van der Waals surface area (Å²) in [5, 5.41) is 0. The molecule has 1 aliphatic rings. The second-order valence-corrected chi connectivity index (χ2v) is 14.0. The zero-order chi connectivity index (χ0) is 19.9. The molecule has 0 aromatic carbocycles. The Labute approximate surface area is 163 Å². The molecule has 0 aromatic heterocycles. The van der Waals surface area contributed by atoms with E-state index in [0.29, 0.717) is 6.61 Å². The fourth-order valence-corrected chi connectivity index (χ4v) is 11.8. The van der Waals surface area contributed by atoms with E-state index < -0.39 is 8.24 Å². The number of rotatable bonds is 11. The van der Waals surface area contributed by atoms with E-state index in [1.807, 2.05) is 13.8 Å². The first-order valence-electron chi connectivity index (χ1n) is 10.7. The number of esters is 1. The van der Waals surface area contributed by atoms with Gasteiger partial charge in [0.25, 0.3) is 0 Å². The number of ether oxygens (including phenoxy) is 1. The summed E-state index contributed by atoms with van der Waals surface area (Å²) in [5.41, 5.74) is 0. The molecule has 1 unspecified atom stereocenters. The Balaban J connectivity index is 2.86. The minimum Gasteiger partial charge on any atom is -0.466 e. The summed E-state index contributed by atoms with van der Waals surface area (Å²) in [5.74, 6) is 2.18. The molecule has 1 rings (SSSR count). The fraction of sp³-hybridized carbons (Fsp3) is 0.952. The third-order valence-corrected chi connectivity index (χ3v) is 11.7. The van der Waals surface area contributed by atoms with Crippen LogP contribution >= 0.6 is 0 Å². The average molecular weight is 385 g/mol. The maximum atomic E-state index is 12.0. The Kier molecular flexibility index (Phi) is 9.84. The lowest BCUT2D eigenvalue weighted by Crippen LogP contribution is -2.55. The van der Waals surface area contributed by atoms with Crippen molar-refractivity contribution in [1.29, 1.82) is 0 Å². The maximum absolute atomic E-state index is 12.0. The molecule has 0 aliphatic carbocycles. The summed E-state index contributed by atoms with van der Waals surface area (Å²) in [6, 6.07) is 4.18. The van der Waals surface area contributed by atoms with E-state index in [4.69, 9.17) is 4.74 Å². The molecule has 0 spiro atoms. The number of carbonyl (C=O) groups is 1. The molecular formula is C21H44N2O2Si. The Bertz CT molecular complexity index is 400. The van der Waals surface area contributed by atoms with Crippen molar-refractivity contribution >= 4 is 14.2 Å². The van der Waals surface area contributed by atoms with Gasteiger partial charge >= 0.3 is 5.97 Å². The van der Waals surface area contributed by atoms with E-state index in [0.717, 1.165) is 37.5 Å². The Morgan fingerprint density at radius 3 is 1.85 bits per heavy atom. The smallest absolute Gasteiger partial charge is 0.309 e. The van der Waals surface area contributed by atoms with Crippen molar-refractivity contribution < 1.29 is 9.53 Å². The average Bonchev–Trinajstić information content (AvgIpc) is 2.94. The zero-order valence-corrected chi connectivity index (χ0v) is 19.7. The van der Waals surface area contributed by atoms with Gasteiger partial charge in [-0.3, -0.25) is 9.69 Å². The van der Waals surface area contributed by atoms with Crippen molar-refractivity contribution in [3.05, 3.63) is 0 Å². The standard InChI is InChI=1S/C21H44N2O2Si/c1-9-25-21(24)20(8)12-22-10-11-23(16-22)26(13-17(2)3,14-18(4)5)15-19(6)7/h17-20H,9-16H2,1-8H3. The van der Waals surface area contributed by atoms with Gasteiger partial charge < -0.3 is 9.30 Å². The first kappa shape index (κ1) is 23.6. The number of nitrogens with zero attached hydrogens (tertiary/aromatic N) is 2. The van der Waals surface area contributed by atoms with Crippen LogP contribution in [0.2, 0.25) is 18.1 Å². The van der Waals surface area contributed by atoms with Gasteiger partial charge in [-0.25, -0.2) is 0 Å². The van der Waals surface area contributed by atoms with Crippen LogP contribution in [-0.2, 0) is 9.53 Å². The molecule has 0 bridgehead atoms. The molecule has 1 aliphatic heterocycles. The van der Waals surface area contributed by atoms with Gasteiger partial charge in [-0.1, -0.05) is 48.5 Å². The largest absolute Gasteiger partial charge is 0.466 e. The fourth-order valence-electron chi connectivity index (χ4n) is 4.84. The quantitative estimate of drug-likeness (QED) is 0.383. The third kappa shape index (κ3) is 7.32. The number of carbonyl (C=O) groups excluding carboxylic acids is 1. The topological polar surface area (TPSA) is 32.8 Å². The second kappa shape index (κ2) is 10.8. The summed E-state index contributed by atoms with van der Waals surface area (Å²) in [7, 11) is -1.51. The van der Waals surface area contributed by atoms with Crippen LogP contribution in [0.1, 0.15) is 55.4 Å². The molecule has 1 heterocycles. The third-order valence-electron chi connectivity index (χ3n) is 5.31. The predicted octanol–water partition coefficient (Wildman–Crippen LogP) is 4.67. The van der Waals surface area contributed by atoms with E-state index in [-0.39, 0.29) is 11.9 Å². The lowest BCUT2D eigenvalue weighted by Gasteiger charge is -2.44. The van der Waals surface area contributed by atoms with Gasteiger partial charge in [-0.2, -0.15) is 0 Å². The van der Waals surface area contributed by atoms with Crippen LogP contribution in [0.25, 0.3) is 0 Å². The zero-order valence-electron chi connectivity index (χ0n) is 18.7. The SMILES string of the molecule is CCOC(=O)C(C)CN1CCN([Si](CC(C)C)(CC(C)C)CC(C)C)C1. The molecule has 5 heteroatoms. The Morgan fingerprint density at radius 2 is 1.42 bits per heavy atom. The van der Waals surface area contributed by atoms with Crippen LogP contribution in [0.15, 0.2) is 0 Å². The Morgan fingerprint density at radius 1 is 0.923 bits per heavy atom. The van der Waals surface area contributed by atoms with E-state index in [2.05, 4.69) is 51.0 Å². The normalized spacial score (nSPS) is 18.3. The highest BCUT2D eigenvalue weighted by Crippen LogP contribution is 2.36. The van der Waals surface area contributed by atoms with E-state index in [1.54, 1.807) is 0 Å². The number of hydrogen-bond acceptors (Lipinski definition) is 4. The van der Waals surface area contributed by atoms with Gasteiger partial charge in [0.05, 0.1) is 12.5 Å². The van der Waals surface area contributed by atoms with Gasteiger partial charge in [-0.15, -0.1) is 0 Å². The molecule has 0 aromatic rings. The van der Waals surface area contributed by atoms with Crippen molar-refractivity contribution in [3.63, 3.8) is 0 Å². The molecule has 1 fully saturated rings. The minimum absolute atomic E-state index is 0.0359. The van der Waals surface area contributed by atoms with Crippen LogP contribution in [0.4, 0.5) is 0 Å². The van der Waals surface area contributed by atoms with Crippen molar-refractivity contribution in [2.24, 2.45) is 23.7 Å². The van der Waals surface area contributed by atoms with Crippen LogP contribution in [0, 0.1) is 23.7 Å². The molecule has 0 amide bonds. The lowest BCUT2D eigenvalue weighted by atomic mass is 10.2. The van der Waals surface area contributed by atoms with E-state index in [9.17, 15) is 4.79 Å². The highest BCUT2D eigenvalue weighted by atomic mass is 28.3. The molecule has 0 radical (unpaired) electrons. The molecule has 1 atom stereocenters. The van der Waals surface area contributed by atoms with Crippen molar-refractivity contribution in [1.82, 2.24) is 9.47 Å². The van der Waals surface area contributed by atoms with Crippen LogP contribution in [-0.4, -0.2) is 56.6 Å². The highest BCUT2D eigenvalue weighted by molar-refractivity contribution is 6.77. The van der Waals surface area contributed by atoms with Gasteiger partial charge in [0.15, 0.2) is 0 Å². The Hall–Kier alpha value is -0.393. The van der Waals surface area contributed by atoms with E-state index >= 15 is 0 Å². The molecule has 4 nitrogen and oxygen atoms in total. The summed E-state index contributed by atoms with van der Waals surface area (Å²) in [6.45, 7) is 22.8. The van der Waals surface area contributed by atoms with Crippen LogP contribution in [0.5, 0.6) is 0 Å². The molecule has 0 saturated carbocycles. The first-order chi connectivity index (χ1) is 12.1. The molecule has 154 valence electrons. The van der Waals surface area contributed by atoms with Crippen molar-refractivity contribution in [2.75, 3.05) is 32.9 Å². The second-order valence-electron chi connectivity index (χ2n) is 9.65. The predicted molar refractivity (Wildman–Crippen MR) is 114 cm³/mol. The van der Waals surface area contributed by atoms with Crippen molar-refractivity contribution in [2.45, 2.75) is 73.5 Å². The van der Waals surface area contributed by atoms with Crippen LogP contribution < -0.4 is 0 Å². The van der Waals surface area contributed by atoms with E-state index in [1.165, 1.54) is 24.7 Å². The lowest BCUT2D eigenvalue weighted by molar-refractivity contribution is -0.147. The maximum Gasteiger partial charge on any atom is 0.309 e. The summed E-state index contributed by atoms with van der Waals surface area (Å²) < 4.78 is 8.06. The number of hydrogen-bond donors (Lipinski definition) is 0. The van der Waals surface area contributed by atoms with Crippen molar-refractivity contribution in [3.8, 4) is 0 Å². The highest BCUT2D eigenvalue weighted by Gasteiger charge is 2.43. The summed E-state index contributed by atoms with van der Waals surface area (Å²) in [6.07, 6.45) is 0. The first-order valence-corrected chi connectivity index (χ1v) is 13.3. The molecule has 26 heavy (non-hydrogen) atoms.